The molecule has 0 aromatic heterocycles. The number of hydrogen-bond acceptors (Lipinski definition) is 5. The highest BCUT2D eigenvalue weighted by Gasteiger charge is 2.36. The molecule has 0 spiro atoms. The van der Waals surface area contributed by atoms with Gasteiger partial charge in [0, 0.05) is 36.3 Å². The van der Waals surface area contributed by atoms with Gasteiger partial charge in [0.25, 0.3) is 0 Å². The van der Waals surface area contributed by atoms with E-state index in [1.54, 1.807) is 20.3 Å². The van der Waals surface area contributed by atoms with Gasteiger partial charge in [-0.15, -0.1) is 0 Å². The predicted octanol–water partition coefficient (Wildman–Crippen LogP) is 4.22. The number of methoxy groups -OCH3 is 2. The van der Waals surface area contributed by atoms with Crippen LogP contribution in [0.3, 0.4) is 0 Å². The summed E-state index contributed by atoms with van der Waals surface area (Å²) in [4.78, 5) is 2.46. The number of nitrogens with one attached hydrogen (secondary N) is 1. The van der Waals surface area contributed by atoms with E-state index in [1.165, 1.54) is 28.8 Å². The Hall–Kier alpha value is -1.51. The van der Waals surface area contributed by atoms with Crippen molar-refractivity contribution in [3.05, 3.63) is 51.0 Å². The summed E-state index contributed by atoms with van der Waals surface area (Å²) in [5.41, 5.74) is 3.96. The molecule has 0 bridgehead atoms. The van der Waals surface area contributed by atoms with Crippen molar-refractivity contribution in [2.45, 2.75) is 36.6 Å². The maximum atomic E-state index is 12.6. The molecule has 2 aromatic carbocycles. The minimum Gasteiger partial charge on any atom is -0.493 e. The fourth-order valence-electron chi connectivity index (χ4n) is 4.74. The molecule has 4 rings (SSSR count). The molecule has 0 radical (unpaired) electrons. The second kappa shape index (κ2) is 9.16. The molecular weight excluding hydrogens is 459 g/mol. The molecule has 0 saturated carbocycles. The lowest BCUT2D eigenvalue weighted by molar-refractivity contribution is 0.184. The fraction of sp³-hybridized carbons (Fsp3) is 0.455. The van der Waals surface area contributed by atoms with Crippen LogP contribution in [0.1, 0.15) is 35.6 Å². The lowest BCUT2D eigenvalue weighted by atomic mass is 9.92. The van der Waals surface area contributed by atoms with Crippen molar-refractivity contribution in [1.29, 1.82) is 0 Å². The molecule has 168 valence electrons. The lowest BCUT2D eigenvalue weighted by Crippen LogP contribution is -2.36. The molecular formula is C22H26Cl2N2O4S. The Labute approximate surface area is 193 Å². The predicted molar refractivity (Wildman–Crippen MR) is 122 cm³/mol. The fourth-order valence-corrected chi connectivity index (χ4v) is 6.57. The van der Waals surface area contributed by atoms with E-state index in [1.807, 2.05) is 0 Å². The molecule has 1 aliphatic carbocycles. The van der Waals surface area contributed by atoms with E-state index >= 15 is 0 Å². The van der Waals surface area contributed by atoms with Crippen molar-refractivity contribution in [3.63, 3.8) is 0 Å². The van der Waals surface area contributed by atoms with Crippen molar-refractivity contribution in [3.8, 4) is 11.5 Å². The Morgan fingerprint density at radius 1 is 1.16 bits per heavy atom. The number of nitrogens with zero attached hydrogens (tertiary/aromatic N) is 1. The molecule has 0 saturated heterocycles. The third kappa shape index (κ3) is 4.39. The molecule has 31 heavy (non-hydrogen) atoms. The smallest absolute Gasteiger partial charge is 0.242 e. The summed E-state index contributed by atoms with van der Waals surface area (Å²) < 4.78 is 39.0. The third-order valence-electron chi connectivity index (χ3n) is 6.11. The Bertz CT molecular complexity index is 1090. The number of halogens is 2. The summed E-state index contributed by atoms with van der Waals surface area (Å²) in [7, 11) is -0.342. The van der Waals surface area contributed by atoms with Gasteiger partial charge in [-0.2, -0.15) is 0 Å². The minimum absolute atomic E-state index is 0.00930. The van der Waals surface area contributed by atoms with Crippen LogP contribution in [0, 0.1) is 0 Å². The molecule has 0 amide bonds. The van der Waals surface area contributed by atoms with Gasteiger partial charge in [0.1, 0.15) is 4.90 Å². The summed E-state index contributed by atoms with van der Waals surface area (Å²) in [6.45, 7) is 2.09. The normalized spacial score (nSPS) is 18.1. The zero-order valence-electron chi connectivity index (χ0n) is 17.6. The highest BCUT2D eigenvalue weighted by atomic mass is 35.5. The molecule has 2 aromatic rings. The van der Waals surface area contributed by atoms with E-state index in [9.17, 15) is 8.42 Å². The van der Waals surface area contributed by atoms with Crippen LogP contribution in [0.2, 0.25) is 10.0 Å². The quantitative estimate of drug-likeness (QED) is 0.567. The number of hydrogen-bond donors (Lipinski definition) is 1. The number of sulfonamides is 1. The van der Waals surface area contributed by atoms with Gasteiger partial charge in [-0.25, -0.2) is 13.1 Å². The van der Waals surface area contributed by atoms with Gasteiger partial charge in [-0.1, -0.05) is 23.2 Å². The standard InChI is InChI=1S/C22H26Cl2N2O4S/c1-29-19-12-14-8-11-26(18-7-5-16(21(14)18)22(19)30-2)10-3-9-25-31(27,28)20-13-15(23)4-6-17(20)24/h4,6,12-13,18,25H,3,5,7-11H2,1-2H3. The maximum absolute atomic E-state index is 12.6. The van der Waals surface area contributed by atoms with Gasteiger partial charge in [0.05, 0.1) is 19.2 Å². The first kappa shape index (κ1) is 22.7. The minimum atomic E-state index is -3.71. The molecule has 2 aliphatic rings. The van der Waals surface area contributed by atoms with Crippen molar-refractivity contribution in [2.24, 2.45) is 0 Å². The number of ether oxygens (including phenoxy) is 2. The highest BCUT2D eigenvalue weighted by Crippen LogP contribution is 2.48. The average Bonchev–Trinajstić information content (AvgIpc) is 3.20. The van der Waals surface area contributed by atoms with E-state index < -0.39 is 10.0 Å². The van der Waals surface area contributed by atoms with Crippen LogP contribution in [0.25, 0.3) is 0 Å². The molecule has 1 heterocycles. The van der Waals surface area contributed by atoms with Crippen molar-refractivity contribution >= 4 is 33.2 Å². The first-order valence-electron chi connectivity index (χ1n) is 10.3. The van der Waals surface area contributed by atoms with Crippen molar-refractivity contribution < 1.29 is 17.9 Å². The van der Waals surface area contributed by atoms with E-state index in [-0.39, 0.29) is 9.92 Å². The third-order valence-corrected chi connectivity index (χ3v) is 8.28. The Balaban J connectivity index is 1.41. The second-order valence-corrected chi connectivity index (χ2v) is 10.4. The van der Waals surface area contributed by atoms with Gasteiger partial charge < -0.3 is 9.47 Å². The van der Waals surface area contributed by atoms with Crippen LogP contribution in [-0.4, -0.2) is 47.2 Å². The van der Waals surface area contributed by atoms with E-state index in [4.69, 9.17) is 32.7 Å². The van der Waals surface area contributed by atoms with E-state index in [0.717, 1.165) is 43.9 Å². The van der Waals surface area contributed by atoms with Crippen LogP contribution in [0.4, 0.5) is 0 Å². The van der Waals surface area contributed by atoms with Gasteiger partial charge in [0.2, 0.25) is 10.0 Å². The van der Waals surface area contributed by atoms with E-state index in [0.29, 0.717) is 24.0 Å². The Morgan fingerprint density at radius 3 is 2.71 bits per heavy atom. The van der Waals surface area contributed by atoms with Gasteiger partial charge in [-0.05, 0) is 61.1 Å². The summed E-state index contributed by atoms with van der Waals surface area (Å²) in [6, 6.07) is 6.88. The molecule has 1 atom stereocenters. The number of rotatable bonds is 8. The van der Waals surface area contributed by atoms with Crippen LogP contribution < -0.4 is 14.2 Å². The monoisotopic (exact) mass is 484 g/mol. The van der Waals surface area contributed by atoms with Crippen molar-refractivity contribution in [1.82, 2.24) is 9.62 Å². The first-order valence-corrected chi connectivity index (χ1v) is 12.5. The lowest BCUT2D eigenvalue weighted by Gasteiger charge is -2.35. The Morgan fingerprint density at radius 2 is 1.97 bits per heavy atom. The number of benzene rings is 2. The zero-order chi connectivity index (χ0) is 22.2. The summed E-state index contributed by atoms with van der Waals surface area (Å²) >= 11 is 12.0. The summed E-state index contributed by atoms with van der Waals surface area (Å²) in [5, 5.41) is 0.494. The van der Waals surface area contributed by atoms with Crippen LogP contribution in [-0.2, 0) is 22.9 Å². The van der Waals surface area contributed by atoms with Crippen LogP contribution in [0.15, 0.2) is 29.2 Å². The van der Waals surface area contributed by atoms with Crippen LogP contribution >= 0.6 is 23.2 Å². The molecule has 6 nitrogen and oxygen atoms in total. The molecule has 1 N–H and O–H groups in total. The molecule has 9 heteroatoms. The molecule has 0 fully saturated rings. The van der Waals surface area contributed by atoms with Crippen molar-refractivity contribution in [2.75, 3.05) is 33.9 Å². The van der Waals surface area contributed by atoms with Gasteiger partial charge in [-0.3, -0.25) is 4.90 Å². The summed E-state index contributed by atoms with van der Waals surface area (Å²) in [5.74, 6) is 1.65. The zero-order valence-corrected chi connectivity index (χ0v) is 19.9. The SMILES string of the molecule is COc1cc2c3c(c1OC)CCC3N(CCCNS(=O)(=O)c1cc(Cl)ccc1Cl)CC2. The van der Waals surface area contributed by atoms with Gasteiger partial charge >= 0.3 is 0 Å². The molecule has 1 aliphatic heterocycles. The first-order chi connectivity index (χ1) is 14.9. The second-order valence-electron chi connectivity index (χ2n) is 7.83. The average molecular weight is 485 g/mol. The topological polar surface area (TPSA) is 67.9 Å². The van der Waals surface area contributed by atoms with Crippen LogP contribution in [0.5, 0.6) is 11.5 Å². The molecule has 1 unspecified atom stereocenters. The Kier molecular flexibility index (Phi) is 6.70. The maximum Gasteiger partial charge on any atom is 0.242 e. The largest absolute Gasteiger partial charge is 0.493 e. The summed E-state index contributed by atoms with van der Waals surface area (Å²) in [6.07, 6.45) is 3.65. The van der Waals surface area contributed by atoms with E-state index in [2.05, 4.69) is 15.7 Å². The highest BCUT2D eigenvalue weighted by molar-refractivity contribution is 7.89. The van der Waals surface area contributed by atoms with Gasteiger partial charge in [0.15, 0.2) is 11.5 Å².